The Morgan fingerprint density at radius 3 is 2.86 bits per heavy atom. The molecule has 0 aromatic carbocycles. The fourth-order valence-electron chi connectivity index (χ4n) is 3.03. The molecule has 0 aliphatic carbocycles. The molecule has 0 bridgehead atoms. The second-order valence-corrected chi connectivity index (χ2v) is 7.02. The van der Waals surface area contributed by atoms with Crippen LogP contribution < -0.4 is 5.32 Å². The molecule has 0 spiro atoms. The summed E-state index contributed by atoms with van der Waals surface area (Å²) >= 11 is 12.5. The number of pyridine rings is 1. The highest BCUT2D eigenvalue weighted by Crippen LogP contribution is 2.28. The molecule has 1 fully saturated rings. The Kier molecular flexibility index (Phi) is 4.93. The molecule has 0 unspecified atom stereocenters. The fourth-order valence-corrected chi connectivity index (χ4v) is 3.54. The van der Waals surface area contributed by atoms with Crippen molar-refractivity contribution in [1.82, 2.24) is 19.6 Å². The van der Waals surface area contributed by atoms with Gasteiger partial charge in [-0.15, -0.1) is 0 Å². The van der Waals surface area contributed by atoms with Gasteiger partial charge in [0, 0.05) is 25.8 Å². The normalized spacial score (nSPS) is 17.3. The van der Waals surface area contributed by atoms with Crippen LogP contribution in [0.2, 0.25) is 10.0 Å². The minimum atomic E-state index is 0.356. The number of imidazole rings is 1. The lowest BCUT2D eigenvalue weighted by Gasteiger charge is -2.20. The van der Waals surface area contributed by atoms with Gasteiger partial charge in [-0.25, -0.2) is 4.98 Å². The molecule has 120 valence electrons. The van der Waals surface area contributed by atoms with E-state index in [0.29, 0.717) is 16.0 Å². The first-order chi connectivity index (χ1) is 10.6. The predicted molar refractivity (Wildman–Crippen MR) is 92.1 cm³/mol. The van der Waals surface area contributed by atoms with Crippen molar-refractivity contribution in [2.75, 3.05) is 26.2 Å². The average Bonchev–Trinajstić information content (AvgIpc) is 2.65. The Hall–Kier alpha value is -0.810. The van der Waals surface area contributed by atoms with Gasteiger partial charge in [-0.1, -0.05) is 37.0 Å². The van der Waals surface area contributed by atoms with Crippen molar-refractivity contribution in [2.45, 2.75) is 32.7 Å². The van der Waals surface area contributed by atoms with Gasteiger partial charge in [-0.3, -0.25) is 9.30 Å². The summed E-state index contributed by atoms with van der Waals surface area (Å²) in [5, 5.41) is 4.70. The molecule has 1 aliphatic heterocycles. The maximum atomic E-state index is 6.33. The van der Waals surface area contributed by atoms with Gasteiger partial charge < -0.3 is 5.32 Å². The summed E-state index contributed by atoms with van der Waals surface area (Å²) in [5.74, 6) is 0.356. The summed E-state index contributed by atoms with van der Waals surface area (Å²) in [6.45, 7) is 9.52. The van der Waals surface area contributed by atoms with Crippen LogP contribution in [0, 0.1) is 0 Å². The molecule has 22 heavy (non-hydrogen) atoms. The smallest absolute Gasteiger partial charge is 0.156 e. The monoisotopic (exact) mass is 340 g/mol. The molecule has 0 saturated carbocycles. The number of halogens is 2. The van der Waals surface area contributed by atoms with E-state index in [2.05, 4.69) is 28.5 Å². The number of nitrogens with one attached hydrogen (secondary N) is 1. The Labute approximate surface area is 141 Å². The Morgan fingerprint density at radius 1 is 1.27 bits per heavy atom. The molecule has 1 aliphatic rings. The number of hydrogen-bond acceptors (Lipinski definition) is 3. The zero-order valence-corrected chi connectivity index (χ0v) is 14.6. The third-order valence-electron chi connectivity index (χ3n) is 4.12. The van der Waals surface area contributed by atoms with Crippen molar-refractivity contribution in [2.24, 2.45) is 0 Å². The molecule has 0 radical (unpaired) electrons. The second kappa shape index (κ2) is 6.75. The lowest BCUT2D eigenvalue weighted by atomic mass is 10.1. The van der Waals surface area contributed by atoms with E-state index in [1.807, 2.05) is 6.20 Å². The van der Waals surface area contributed by atoms with E-state index < -0.39 is 0 Å². The van der Waals surface area contributed by atoms with Gasteiger partial charge in [0.25, 0.3) is 0 Å². The fraction of sp³-hybridized carbons (Fsp3) is 0.562. The highest BCUT2D eigenvalue weighted by atomic mass is 35.5. The molecular formula is C16H22Cl2N4. The van der Waals surface area contributed by atoms with Crippen LogP contribution in [0.4, 0.5) is 0 Å². The first-order valence-corrected chi connectivity index (χ1v) is 8.61. The third-order valence-corrected chi connectivity index (χ3v) is 4.61. The van der Waals surface area contributed by atoms with Crippen molar-refractivity contribution in [3.63, 3.8) is 0 Å². The molecule has 1 saturated heterocycles. The van der Waals surface area contributed by atoms with Crippen LogP contribution >= 0.6 is 23.2 Å². The molecule has 0 amide bonds. The van der Waals surface area contributed by atoms with Crippen molar-refractivity contribution >= 4 is 28.8 Å². The Morgan fingerprint density at radius 2 is 2.09 bits per heavy atom. The van der Waals surface area contributed by atoms with E-state index >= 15 is 0 Å². The zero-order chi connectivity index (χ0) is 15.7. The molecule has 6 heteroatoms. The van der Waals surface area contributed by atoms with Crippen molar-refractivity contribution in [3.05, 3.63) is 33.7 Å². The first kappa shape index (κ1) is 16.1. The van der Waals surface area contributed by atoms with E-state index in [1.54, 1.807) is 6.07 Å². The van der Waals surface area contributed by atoms with E-state index in [9.17, 15) is 0 Å². The van der Waals surface area contributed by atoms with Crippen molar-refractivity contribution in [3.8, 4) is 0 Å². The molecule has 1 N–H and O–H groups in total. The van der Waals surface area contributed by atoms with Gasteiger partial charge in [0.1, 0.15) is 0 Å². The van der Waals surface area contributed by atoms with Crippen LogP contribution in [0.1, 0.15) is 37.6 Å². The van der Waals surface area contributed by atoms with E-state index in [4.69, 9.17) is 28.2 Å². The average molecular weight is 341 g/mol. The second-order valence-electron chi connectivity index (χ2n) is 6.18. The maximum Gasteiger partial charge on any atom is 0.156 e. The van der Waals surface area contributed by atoms with Crippen LogP contribution in [0.25, 0.3) is 5.65 Å². The van der Waals surface area contributed by atoms with Crippen LogP contribution in [0.5, 0.6) is 0 Å². The number of nitrogens with zero attached hydrogens (tertiary/aromatic N) is 3. The summed E-state index contributed by atoms with van der Waals surface area (Å²) in [6.07, 6.45) is 3.10. The summed E-state index contributed by atoms with van der Waals surface area (Å²) in [5.41, 5.74) is 3.12. The SMILES string of the molecule is CC(C)c1nc2c(Cl)cc(Cl)cn2c1CN1CCCNCC1. The minimum Gasteiger partial charge on any atom is -0.315 e. The van der Waals surface area contributed by atoms with Crippen molar-refractivity contribution < 1.29 is 0 Å². The highest BCUT2D eigenvalue weighted by molar-refractivity contribution is 6.36. The van der Waals surface area contributed by atoms with Gasteiger partial charge in [0.2, 0.25) is 0 Å². The molecule has 2 aromatic rings. The molecular weight excluding hydrogens is 319 g/mol. The molecule has 0 atom stereocenters. The maximum absolute atomic E-state index is 6.33. The molecule has 2 aromatic heterocycles. The molecule has 3 heterocycles. The van der Waals surface area contributed by atoms with Crippen LogP contribution in [-0.2, 0) is 6.54 Å². The first-order valence-electron chi connectivity index (χ1n) is 7.85. The highest BCUT2D eigenvalue weighted by Gasteiger charge is 2.20. The van der Waals surface area contributed by atoms with Gasteiger partial charge in [0.15, 0.2) is 5.65 Å². The third kappa shape index (κ3) is 3.25. The Balaban J connectivity index is 2.03. The quantitative estimate of drug-likeness (QED) is 0.927. The van der Waals surface area contributed by atoms with Crippen LogP contribution in [0.15, 0.2) is 12.3 Å². The van der Waals surface area contributed by atoms with Gasteiger partial charge >= 0.3 is 0 Å². The number of fused-ring (bicyclic) bond motifs is 1. The van der Waals surface area contributed by atoms with Gasteiger partial charge in [0.05, 0.1) is 21.4 Å². The standard InChI is InChI=1S/C16H22Cl2N4/c1-11(2)15-14(10-21-6-3-4-19-5-7-21)22-9-12(17)8-13(18)16(22)20-15/h8-9,11,19H,3-7,10H2,1-2H3. The van der Waals surface area contributed by atoms with E-state index in [0.717, 1.165) is 44.1 Å². The van der Waals surface area contributed by atoms with Crippen LogP contribution in [-0.4, -0.2) is 40.5 Å². The van der Waals surface area contributed by atoms with E-state index in [1.165, 1.54) is 12.1 Å². The molecule has 4 nitrogen and oxygen atoms in total. The van der Waals surface area contributed by atoms with Gasteiger partial charge in [-0.2, -0.15) is 0 Å². The molecule has 3 rings (SSSR count). The lowest BCUT2D eigenvalue weighted by molar-refractivity contribution is 0.279. The largest absolute Gasteiger partial charge is 0.315 e. The van der Waals surface area contributed by atoms with Crippen molar-refractivity contribution in [1.29, 1.82) is 0 Å². The number of aromatic nitrogens is 2. The summed E-state index contributed by atoms with van der Waals surface area (Å²) in [4.78, 5) is 7.25. The number of rotatable bonds is 3. The van der Waals surface area contributed by atoms with E-state index in [-0.39, 0.29) is 0 Å². The number of hydrogen-bond donors (Lipinski definition) is 1. The Bertz CT molecular complexity index is 658. The summed E-state index contributed by atoms with van der Waals surface area (Å²) < 4.78 is 2.07. The van der Waals surface area contributed by atoms with Gasteiger partial charge in [-0.05, 0) is 31.5 Å². The minimum absolute atomic E-state index is 0.356. The predicted octanol–water partition coefficient (Wildman–Crippen LogP) is 3.56. The lowest BCUT2D eigenvalue weighted by Crippen LogP contribution is -2.28. The van der Waals surface area contributed by atoms with Crippen LogP contribution in [0.3, 0.4) is 0 Å². The zero-order valence-electron chi connectivity index (χ0n) is 13.1. The summed E-state index contributed by atoms with van der Waals surface area (Å²) in [7, 11) is 0. The summed E-state index contributed by atoms with van der Waals surface area (Å²) in [6, 6.07) is 1.76. The topological polar surface area (TPSA) is 32.6 Å².